The van der Waals surface area contributed by atoms with Crippen molar-refractivity contribution in [1.82, 2.24) is 15.5 Å². The van der Waals surface area contributed by atoms with Crippen LogP contribution >= 0.6 is 0 Å². The van der Waals surface area contributed by atoms with Gasteiger partial charge in [0, 0.05) is 13.0 Å². The Labute approximate surface area is 291 Å². The highest BCUT2D eigenvalue weighted by atomic mass is 16.6. The molecule has 2 rings (SSSR count). The fraction of sp³-hybridized carbons (Fsp3) is 0.500. The molecular weight excluding hydrogens is 624 g/mol. The SMILES string of the molecule is C=Cc1cccc(C(C(=O)NC(Cc2ccccc2)C(=O)OC(C)(C)C)N(CCCCCC)C(=O)C(CC(N)=O)NC(=O)OC(C)(C)C)c1. The van der Waals surface area contributed by atoms with E-state index in [1.54, 1.807) is 71.9 Å². The fourth-order valence-corrected chi connectivity index (χ4v) is 5.12. The molecule has 4 amide bonds. The maximum atomic E-state index is 14.6. The molecule has 0 aliphatic carbocycles. The molecule has 2 aromatic rings. The van der Waals surface area contributed by atoms with Crippen molar-refractivity contribution in [3.8, 4) is 0 Å². The monoisotopic (exact) mass is 678 g/mol. The van der Waals surface area contributed by atoms with Crippen LogP contribution in [0.25, 0.3) is 6.08 Å². The first-order valence-corrected chi connectivity index (χ1v) is 16.8. The number of nitrogens with one attached hydrogen (secondary N) is 2. The molecule has 0 bridgehead atoms. The first kappa shape index (κ1) is 40.5. The summed E-state index contributed by atoms with van der Waals surface area (Å²) in [4.78, 5) is 68.9. The van der Waals surface area contributed by atoms with Crippen molar-refractivity contribution >= 4 is 35.9 Å². The van der Waals surface area contributed by atoms with E-state index in [0.717, 1.165) is 24.8 Å². The van der Waals surface area contributed by atoms with E-state index >= 15 is 0 Å². The number of primary amides is 1. The number of hydrogen-bond donors (Lipinski definition) is 3. The van der Waals surface area contributed by atoms with E-state index in [2.05, 4.69) is 24.1 Å². The summed E-state index contributed by atoms with van der Waals surface area (Å²) < 4.78 is 11.1. The van der Waals surface area contributed by atoms with Gasteiger partial charge in [-0.1, -0.05) is 87.4 Å². The lowest BCUT2D eigenvalue weighted by Gasteiger charge is -2.35. The lowest BCUT2D eigenvalue weighted by Crippen LogP contribution is -2.55. The largest absolute Gasteiger partial charge is 0.458 e. The van der Waals surface area contributed by atoms with Gasteiger partial charge < -0.3 is 30.7 Å². The zero-order valence-corrected chi connectivity index (χ0v) is 30.0. The van der Waals surface area contributed by atoms with Crippen LogP contribution in [0.5, 0.6) is 0 Å². The minimum Gasteiger partial charge on any atom is -0.458 e. The fourth-order valence-electron chi connectivity index (χ4n) is 5.12. The summed E-state index contributed by atoms with van der Waals surface area (Å²) >= 11 is 0. The van der Waals surface area contributed by atoms with Crippen LogP contribution in [-0.4, -0.2) is 64.5 Å². The standard InChI is InChI=1S/C38H54N4O7/c1-9-11-12-16-22-42(34(45)29(25-31(39)43)41-36(47)49-38(6,7)8)32(28-21-17-20-26(10-2)23-28)33(44)40-30(35(46)48-37(3,4)5)24-27-18-14-13-15-19-27/h10,13-15,17-21,23,29-30,32H,2,9,11-12,16,22,24-25H2,1,3-8H3,(H2,39,43)(H,40,44)(H,41,47). The Kier molecular flexibility index (Phi) is 15.5. The molecule has 0 aliphatic rings. The van der Waals surface area contributed by atoms with Gasteiger partial charge >= 0.3 is 12.1 Å². The highest BCUT2D eigenvalue weighted by Crippen LogP contribution is 2.26. The molecule has 0 saturated carbocycles. The zero-order chi connectivity index (χ0) is 36.8. The van der Waals surface area contributed by atoms with Crippen LogP contribution in [0.2, 0.25) is 0 Å². The number of ether oxygens (including phenoxy) is 2. The second-order valence-corrected chi connectivity index (χ2v) is 14.0. The predicted molar refractivity (Wildman–Crippen MR) is 190 cm³/mol. The Morgan fingerprint density at radius 2 is 1.51 bits per heavy atom. The second-order valence-electron chi connectivity index (χ2n) is 14.0. The van der Waals surface area contributed by atoms with Crippen LogP contribution < -0.4 is 16.4 Å². The molecule has 0 heterocycles. The highest BCUT2D eigenvalue weighted by Gasteiger charge is 2.38. The van der Waals surface area contributed by atoms with E-state index < -0.39 is 65.5 Å². The van der Waals surface area contributed by atoms with Gasteiger partial charge in [0.05, 0.1) is 6.42 Å². The Hall–Kier alpha value is -4.67. The molecule has 11 heteroatoms. The number of benzene rings is 2. The first-order valence-electron chi connectivity index (χ1n) is 16.8. The van der Waals surface area contributed by atoms with Gasteiger partial charge in [0.1, 0.15) is 29.3 Å². The van der Waals surface area contributed by atoms with Gasteiger partial charge in [-0.2, -0.15) is 0 Å². The van der Waals surface area contributed by atoms with Gasteiger partial charge in [-0.3, -0.25) is 14.4 Å². The van der Waals surface area contributed by atoms with Crippen LogP contribution in [0, 0.1) is 0 Å². The molecule has 4 N–H and O–H groups in total. The summed E-state index contributed by atoms with van der Waals surface area (Å²) in [5.74, 6) is -2.82. The maximum absolute atomic E-state index is 14.6. The normalized spacial score (nSPS) is 13.3. The number of carbonyl (C=O) groups excluding carboxylic acids is 5. The van der Waals surface area contributed by atoms with E-state index in [4.69, 9.17) is 15.2 Å². The summed E-state index contributed by atoms with van der Waals surface area (Å²) in [6.07, 6.45) is 3.42. The minimum atomic E-state index is -1.43. The van der Waals surface area contributed by atoms with E-state index in [1.807, 2.05) is 30.3 Å². The molecule has 2 aromatic carbocycles. The third-order valence-electron chi connectivity index (χ3n) is 7.24. The van der Waals surface area contributed by atoms with E-state index in [0.29, 0.717) is 17.5 Å². The van der Waals surface area contributed by atoms with Crippen LogP contribution in [0.3, 0.4) is 0 Å². The van der Waals surface area contributed by atoms with Crippen molar-refractivity contribution in [1.29, 1.82) is 0 Å². The average Bonchev–Trinajstić information content (AvgIpc) is 3.00. The second kappa shape index (κ2) is 18.8. The molecule has 0 aliphatic heterocycles. The summed E-state index contributed by atoms with van der Waals surface area (Å²) in [6.45, 7) is 16.2. The van der Waals surface area contributed by atoms with Crippen LogP contribution in [0.15, 0.2) is 61.2 Å². The number of nitrogens with two attached hydrogens (primary N) is 1. The molecule has 0 saturated heterocycles. The Bertz CT molecular complexity index is 1430. The van der Waals surface area contributed by atoms with E-state index in [1.165, 1.54) is 4.90 Å². The molecule has 268 valence electrons. The number of amides is 4. The summed E-state index contributed by atoms with van der Waals surface area (Å²) in [5, 5.41) is 5.37. The summed E-state index contributed by atoms with van der Waals surface area (Å²) in [7, 11) is 0. The third kappa shape index (κ3) is 14.5. The third-order valence-corrected chi connectivity index (χ3v) is 7.24. The Morgan fingerprint density at radius 1 is 0.857 bits per heavy atom. The molecule has 0 spiro atoms. The highest BCUT2D eigenvalue weighted by molar-refractivity contribution is 5.95. The number of hydrogen-bond acceptors (Lipinski definition) is 7. The number of carbonyl (C=O) groups is 5. The summed E-state index contributed by atoms with van der Waals surface area (Å²) in [6, 6.07) is 12.4. The van der Waals surface area contributed by atoms with Gasteiger partial charge in [0.25, 0.3) is 0 Å². The van der Waals surface area contributed by atoms with E-state index in [9.17, 15) is 24.0 Å². The van der Waals surface area contributed by atoms with Gasteiger partial charge in [-0.15, -0.1) is 0 Å². The lowest BCUT2D eigenvalue weighted by molar-refractivity contribution is -0.159. The molecular formula is C38H54N4O7. The lowest BCUT2D eigenvalue weighted by atomic mass is 9.98. The van der Waals surface area contributed by atoms with Gasteiger partial charge in [-0.25, -0.2) is 9.59 Å². The smallest absolute Gasteiger partial charge is 0.408 e. The summed E-state index contributed by atoms with van der Waals surface area (Å²) in [5.41, 5.74) is 5.76. The van der Waals surface area contributed by atoms with Crippen molar-refractivity contribution in [3.63, 3.8) is 0 Å². The van der Waals surface area contributed by atoms with Gasteiger partial charge in [-0.05, 0) is 70.7 Å². The van der Waals surface area contributed by atoms with Crippen molar-refractivity contribution in [2.75, 3.05) is 6.54 Å². The number of rotatable bonds is 17. The molecule has 3 unspecified atom stereocenters. The molecule has 3 atom stereocenters. The molecule has 11 nitrogen and oxygen atoms in total. The number of esters is 1. The molecule has 49 heavy (non-hydrogen) atoms. The maximum Gasteiger partial charge on any atom is 0.408 e. The van der Waals surface area contributed by atoms with Crippen LogP contribution in [-0.2, 0) is 35.1 Å². The Morgan fingerprint density at radius 3 is 2.08 bits per heavy atom. The molecule has 0 aromatic heterocycles. The molecule has 0 fully saturated rings. The molecule has 0 radical (unpaired) electrons. The number of nitrogens with zero attached hydrogens (tertiary/aromatic N) is 1. The van der Waals surface area contributed by atoms with Crippen LogP contribution in [0.1, 0.15) is 103 Å². The zero-order valence-electron chi connectivity index (χ0n) is 30.0. The average molecular weight is 679 g/mol. The van der Waals surface area contributed by atoms with E-state index in [-0.39, 0.29) is 13.0 Å². The van der Waals surface area contributed by atoms with Crippen LogP contribution in [0.4, 0.5) is 4.79 Å². The van der Waals surface area contributed by atoms with Crippen molar-refractivity contribution < 1.29 is 33.4 Å². The van der Waals surface area contributed by atoms with Crippen molar-refractivity contribution in [3.05, 3.63) is 77.9 Å². The van der Waals surface area contributed by atoms with Crippen molar-refractivity contribution in [2.24, 2.45) is 5.73 Å². The Balaban J connectivity index is 2.68. The number of unbranched alkanes of at least 4 members (excludes halogenated alkanes) is 3. The first-order chi connectivity index (χ1) is 22.9. The van der Waals surface area contributed by atoms with Gasteiger partial charge in [0.2, 0.25) is 17.7 Å². The quantitative estimate of drug-likeness (QED) is 0.145. The topological polar surface area (TPSA) is 157 Å². The predicted octanol–water partition coefficient (Wildman–Crippen LogP) is 5.62. The minimum absolute atomic E-state index is 0.107. The number of alkyl carbamates (subject to hydrolysis) is 1. The van der Waals surface area contributed by atoms with Crippen molar-refractivity contribution in [2.45, 2.75) is 116 Å². The van der Waals surface area contributed by atoms with Gasteiger partial charge in [0.15, 0.2) is 0 Å².